The molecule has 0 saturated heterocycles. The molecule has 6 aromatic carbocycles. The van der Waals surface area contributed by atoms with Gasteiger partial charge >= 0.3 is 0 Å². The third-order valence-electron chi connectivity index (χ3n) is 10.0. The highest BCUT2D eigenvalue weighted by Crippen LogP contribution is 2.40. The summed E-state index contributed by atoms with van der Waals surface area (Å²) in [4.78, 5) is 0. The molecular formula is C48H54O5Si2. The minimum Gasteiger partial charge on any atom is -0.494 e. The third kappa shape index (κ3) is 11.0. The molecule has 0 bridgehead atoms. The Morgan fingerprint density at radius 2 is 0.764 bits per heavy atom. The van der Waals surface area contributed by atoms with Crippen LogP contribution in [0, 0.1) is 0 Å². The van der Waals surface area contributed by atoms with Gasteiger partial charge in [0.05, 0.1) is 41.6 Å². The van der Waals surface area contributed by atoms with Crippen molar-refractivity contribution in [1.82, 2.24) is 0 Å². The molecule has 0 N–H and O–H groups in total. The van der Waals surface area contributed by atoms with Crippen LogP contribution in [0.1, 0.15) is 37.2 Å². The molecule has 0 aliphatic heterocycles. The number of benzene rings is 6. The van der Waals surface area contributed by atoms with Crippen molar-refractivity contribution in [3.8, 4) is 34.5 Å². The van der Waals surface area contributed by atoms with Crippen LogP contribution in [0.3, 0.4) is 0 Å². The fourth-order valence-corrected chi connectivity index (χ4v) is 12.1. The molecule has 6 rings (SSSR count). The van der Waals surface area contributed by atoms with E-state index in [1.165, 1.54) is 10.4 Å². The number of para-hydroxylation sites is 2. The first-order chi connectivity index (χ1) is 26.6. The Hall–Kier alpha value is -5.09. The molecule has 55 heavy (non-hydrogen) atoms. The Morgan fingerprint density at radius 1 is 0.400 bits per heavy atom. The Bertz CT molecular complexity index is 1920. The molecule has 0 heterocycles. The fraction of sp³-hybridized carbons (Fsp3) is 0.250. The standard InChI is InChI=1S/C48H54O5Si2/c1-7-49-39-25-29-45(30-26-39)54(3,4)35-47(37-17-15-23-43(33-37)51-41-19-11-9-12-20-41)53-48(36-55(5,6)46-31-27-40(28-32-46)50-8-2)38-18-16-24-44(34-38)52-42-21-13-10-14-22-42/h9-34,47-48H,7-8,35-36H2,1-6H3. The van der Waals surface area contributed by atoms with E-state index in [-0.39, 0.29) is 12.2 Å². The third-order valence-corrected chi connectivity index (χ3v) is 16.6. The smallest absolute Gasteiger partial charge is 0.127 e. The van der Waals surface area contributed by atoms with Crippen LogP contribution in [0.4, 0.5) is 0 Å². The van der Waals surface area contributed by atoms with Crippen molar-refractivity contribution in [3.05, 3.63) is 169 Å². The maximum absolute atomic E-state index is 7.58. The molecule has 0 aromatic heterocycles. The van der Waals surface area contributed by atoms with Crippen LogP contribution < -0.4 is 29.3 Å². The predicted molar refractivity (Wildman–Crippen MR) is 232 cm³/mol. The predicted octanol–water partition coefficient (Wildman–Crippen LogP) is 12.1. The largest absolute Gasteiger partial charge is 0.494 e. The summed E-state index contributed by atoms with van der Waals surface area (Å²) in [6, 6.07) is 55.9. The molecule has 6 aromatic rings. The number of hydrogen-bond donors (Lipinski definition) is 0. The highest BCUT2D eigenvalue weighted by molar-refractivity contribution is 6.90. The van der Waals surface area contributed by atoms with E-state index in [0.29, 0.717) is 13.2 Å². The van der Waals surface area contributed by atoms with Gasteiger partial charge in [0.15, 0.2) is 0 Å². The van der Waals surface area contributed by atoms with Gasteiger partial charge in [-0.05, 0) is 110 Å². The van der Waals surface area contributed by atoms with E-state index in [9.17, 15) is 0 Å². The summed E-state index contributed by atoms with van der Waals surface area (Å²) in [5, 5.41) is 2.72. The van der Waals surface area contributed by atoms with Gasteiger partial charge in [0.2, 0.25) is 0 Å². The minimum absolute atomic E-state index is 0.207. The zero-order valence-corrected chi connectivity index (χ0v) is 35.0. The number of rotatable bonds is 18. The van der Waals surface area contributed by atoms with E-state index in [4.69, 9.17) is 23.7 Å². The summed E-state index contributed by atoms with van der Waals surface area (Å²) < 4.78 is 31.9. The monoisotopic (exact) mass is 766 g/mol. The SMILES string of the molecule is CCOc1ccc([Si](C)(C)CC(OC(C[Si](C)(C)c2ccc(OCC)cc2)c2cccc(Oc3ccccc3)c2)c2cccc(Oc3ccccc3)c2)cc1. The first kappa shape index (κ1) is 39.6. The highest BCUT2D eigenvalue weighted by Gasteiger charge is 2.35. The lowest BCUT2D eigenvalue weighted by molar-refractivity contribution is 0.00456. The van der Waals surface area contributed by atoms with Crippen LogP contribution >= 0.6 is 0 Å². The van der Waals surface area contributed by atoms with E-state index < -0.39 is 16.1 Å². The molecule has 0 spiro atoms. The second kappa shape index (κ2) is 18.5. The van der Waals surface area contributed by atoms with Crippen LogP contribution in [0.15, 0.2) is 158 Å². The molecule has 7 heteroatoms. The van der Waals surface area contributed by atoms with Crippen LogP contribution in [0.25, 0.3) is 0 Å². The summed E-state index contributed by atoms with van der Waals surface area (Å²) in [5.41, 5.74) is 2.20. The average molecular weight is 767 g/mol. The van der Waals surface area contributed by atoms with E-state index in [0.717, 1.165) is 57.7 Å². The first-order valence-electron chi connectivity index (χ1n) is 19.4. The van der Waals surface area contributed by atoms with Crippen LogP contribution in [-0.2, 0) is 4.74 Å². The maximum Gasteiger partial charge on any atom is 0.127 e. The molecule has 0 aliphatic rings. The summed E-state index contributed by atoms with van der Waals surface area (Å²) in [6.07, 6.45) is -0.414. The van der Waals surface area contributed by atoms with Crippen molar-refractivity contribution in [2.45, 2.75) is 64.3 Å². The zero-order chi connectivity index (χ0) is 38.7. The van der Waals surface area contributed by atoms with Gasteiger partial charge in [-0.1, -0.05) is 121 Å². The van der Waals surface area contributed by atoms with Crippen molar-refractivity contribution in [2.75, 3.05) is 13.2 Å². The molecular weight excluding hydrogens is 713 g/mol. The quantitative estimate of drug-likeness (QED) is 0.0815. The zero-order valence-electron chi connectivity index (χ0n) is 33.0. The molecule has 0 aliphatic carbocycles. The molecule has 0 radical (unpaired) electrons. The van der Waals surface area contributed by atoms with Gasteiger partial charge in [0.1, 0.15) is 34.5 Å². The van der Waals surface area contributed by atoms with Gasteiger partial charge < -0.3 is 23.7 Å². The van der Waals surface area contributed by atoms with Crippen molar-refractivity contribution >= 4 is 26.5 Å². The van der Waals surface area contributed by atoms with Gasteiger partial charge in [-0.25, -0.2) is 0 Å². The number of hydrogen-bond acceptors (Lipinski definition) is 5. The lowest BCUT2D eigenvalue weighted by Gasteiger charge is -2.35. The summed E-state index contributed by atoms with van der Waals surface area (Å²) in [6.45, 7) is 15.1. The molecule has 0 amide bonds. The molecule has 0 saturated carbocycles. The Labute approximate surface area is 329 Å². The average Bonchev–Trinajstić information content (AvgIpc) is 3.19. The second-order valence-corrected chi connectivity index (χ2v) is 24.7. The van der Waals surface area contributed by atoms with Crippen molar-refractivity contribution < 1.29 is 23.7 Å². The van der Waals surface area contributed by atoms with Gasteiger partial charge in [0, 0.05) is 0 Å². The maximum atomic E-state index is 7.58. The lowest BCUT2D eigenvalue weighted by atomic mass is 10.1. The minimum atomic E-state index is -2.08. The number of ether oxygens (including phenoxy) is 5. The topological polar surface area (TPSA) is 46.2 Å². The molecule has 0 fully saturated rings. The van der Waals surface area contributed by atoms with Crippen LogP contribution in [0.2, 0.25) is 38.3 Å². The van der Waals surface area contributed by atoms with Crippen molar-refractivity contribution in [1.29, 1.82) is 0 Å². The Balaban J connectivity index is 1.39. The molecule has 5 nitrogen and oxygen atoms in total. The summed E-state index contributed by atoms with van der Waals surface area (Å²) >= 11 is 0. The second-order valence-electron chi connectivity index (χ2n) is 15.2. The lowest BCUT2D eigenvalue weighted by Crippen LogP contribution is -2.44. The van der Waals surface area contributed by atoms with Gasteiger partial charge in [-0.2, -0.15) is 0 Å². The van der Waals surface area contributed by atoms with Gasteiger partial charge in [-0.15, -0.1) is 0 Å². The fourth-order valence-electron chi connectivity index (χ4n) is 6.99. The van der Waals surface area contributed by atoms with E-state index in [1.54, 1.807) is 0 Å². The van der Waals surface area contributed by atoms with E-state index >= 15 is 0 Å². The van der Waals surface area contributed by atoms with E-state index in [2.05, 4.69) is 111 Å². The summed E-state index contributed by atoms with van der Waals surface area (Å²) in [5.74, 6) is 4.98. The summed E-state index contributed by atoms with van der Waals surface area (Å²) in [7, 11) is -4.16. The first-order valence-corrected chi connectivity index (χ1v) is 25.8. The highest BCUT2D eigenvalue weighted by atomic mass is 28.3. The molecule has 284 valence electrons. The van der Waals surface area contributed by atoms with Crippen LogP contribution in [-0.4, -0.2) is 29.4 Å². The Kier molecular flexibility index (Phi) is 13.3. The Morgan fingerprint density at radius 3 is 1.13 bits per heavy atom. The molecule has 2 unspecified atom stereocenters. The van der Waals surface area contributed by atoms with Gasteiger partial charge in [0.25, 0.3) is 0 Å². The van der Waals surface area contributed by atoms with Crippen molar-refractivity contribution in [2.24, 2.45) is 0 Å². The van der Waals surface area contributed by atoms with Gasteiger partial charge in [-0.3, -0.25) is 0 Å². The van der Waals surface area contributed by atoms with Crippen molar-refractivity contribution in [3.63, 3.8) is 0 Å². The van der Waals surface area contributed by atoms with E-state index in [1.807, 2.05) is 86.6 Å². The molecule has 2 atom stereocenters. The normalized spacial score (nSPS) is 12.8. The van der Waals surface area contributed by atoms with Crippen LogP contribution in [0.5, 0.6) is 34.5 Å².